The summed E-state index contributed by atoms with van der Waals surface area (Å²) in [7, 11) is 0. The topological polar surface area (TPSA) is 71.3 Å². The summed E-state index contributed by atoms with van der Waals surface area (Å²) in [6, 6.07) is 1.79. The van der Waals surface area contributed by atoms with Crippen molar-refractivity contribution in [1.82, 2.24) is 14.9 Å². The molecular formula is C18H21FN4O2. The van der Waals surface area contributed by atoms with Gasteiger partial charge in [-0.3, -0.25) is 4.79 Å². The molecule has 7 heteroatoms. The van der Waals surface area contributed by atoms with Crippen molar-refractivity contribution in [3.63, 3.8) is 0 Å². The van der Waals surface area contributed by atoms with Gasteiger partial charge in [0.2, 0.25) is 0 Å². The van der Waals surface area contributed by atoms with Crippen LogP contribution >= 0.6 is 0 Å². The zero-order valence-electron chi connectivity index (χ0n) is 14.6. The van der Waals surface area contributed by atoms with Crippen LogP contribution in [0.1, 0.15) is 40.5 Å². The molecule has 4 rings (SSSR count). The number of likely N-dealkylation sites (tertiary alicyclic amines) is 1. The molecule has 6 nitrogen and oxygen atoms in total. The van der Waals surface area contributed by atoms with Crippen LogP contribution in [0.15, 0.2) is 16.7 Å². The molecule has 3 heterocycles. The summed E-state index contributed by atoms with van der Waals surface area (Å²) < 4.78 is 19.7. The summed E-state index contributed by atoms with van der Waals surface area (Å²) in [6.07, 6.45) is 3.43. The number of nitrogens with one attached hydrogen (secondary N) is 1. The monoisotopic (exact) mass is 344 g/mol. The third kappa shape index (κ3) is 2.49. The van der Waals surface area contributed by atoms with Gasteiger partial charge in [-0.2, -0.15) is 0 Å². The molecule has 1 aliphatic heterocycles. The molecule has 1 saturated heterocycles. The molecule has 1 amide bonds. The number of aromatic nitrogens is 2. The maximum absolute atomic E-state index is 14.4. The number of halogens is 1. The molecular weight excluding hydrogens is 323 g/mol. The first-order chi connectivity index (χ1) is 11.9. The van der Waals surface area contributed by atoms with Gasteiger partial charge in [0.25, 0.3) is 5.91 Å². The minimum absolute atomic E-state index is 0.103. The van der Waals surface area contributed by atoms with E-state index in [2.05, 4.69) is 15.3 Å². The molecule has 132 valence electrons. The standard InChI is InChI=1S/C18H21FN4O2/c1-10-5-7-25-15(10)17(24)23-8-13-4-6-18(13,9-23)22-16-14(19)11(2)20-12(3)21-16/h5,7,13H,4,6,8-9H2,1-3H3,(H,20,21,22). The summed E-state index contributed by atoms with van der Waals surface area (Å²) in [6.45, 7) is 6.42. The van der Waals surface area contributed by atoms with Crippen molar-refractivity contribution < 1.29 is 13.6 Å². The Bertz CT molecular complexity index is 850. The number of furan rings is 1. The third-order valence-corrected chi connectivity index (χ3v) is 5.47. The van der Waals surface area contributed by atoms with E-state index in [4.69, 9.17) is 4.42 Å². The molecule has 1 aliphatic carbocycles. The summed E-state index contributed by atoms with van der Waals surface area (Å²) in [4.78, 5) is 22.8. The van der Waals surface area contributed by atoms with Gasteiger partial charge in [0.05, 0.1) is 17.5 Å². The van der Waals surface area contributed by atoms with Crippen LogP contribution in [0.25, 0.3) is 0 Å². The lowest BCUT2D eigenvalue weighted by Gasteiger charge is -2.44. The van der Waals surface area contributed by atoms with Crippen LogP contribution in [0.2, 0.25) is 0 Å². The molecule has 1 N–H and O–H groups in total. The van der Waals surface area contributed by atoms with Crippen LogP contribution in [-0.4, -0.2) is 39.4 Å². The van der Waals surface area contributed by atoms with Crippen molar-refractivity contribution in [1.29, 1.82) is 0 Å². The van der Waals surface area contributed by atoms with E-state index < -0.39 is 5.82 Å². The fourth-order valence-corrected chi connectivity index (χ4v) is 3.95. The second kappa shape index (κ2) is 5.54. The summed E-state index contributed by atoms with van der Waals surface area (Å²) >= 11 is 0. The summed E-state index contributed by atoms with van der Waals surface area (Å²) in [5, 5.41) is 3.30. The first-order valence-electron chi connectivity index (χ1n) is 8.52. The van der Waals surface area contributed by atoms with E-state index in [9.17, 15) is 9.18 Å². The number of fused-ring (bicyclic) bond motifs is 1. The predicted octanol–water partition coefficient (Wildman–Crippen LogP) is 2.85. The van der Waals surface area contributed by atoms with Gasteiger partial charge in [-0.15, -0.1) is 0 Å². The van der Waals surface area contributed by atoms with Crippen LogP contribution in [0, 0.1) is 32.5 Å². The average Bonchev–Trinajstić information content (AvgIpc) is 3.08. The zero-order valence-corrected chi connectivity index (χ0v) is 14.6. The molecule has 25 heavy (non-hydrogen) atoms. The number of amides is 1. The number of hydrogen-bond acceptors (Lipinski definition) is 5. The second-order valence-corrected chi connectivity index (χ2v) is 7.15. The van der Waals surface area contributed by atoms with Crippen molar-refractivity contribution in [2.45, 2.75) is 39.2 Å². The molecule has 0 radical (unpaired) electrons. The lowest BCUT2D eigenvalue weighted by atomic mass is 9.69. The Labute approximate surface area is 145 Å². The lowest BCUT2D eigenvalue weighted by Crippen LogP contribution is -2.53. The Morgan fingerprint density at radius 3 is 2.84 bits per heavy atom. The molecule has 2 atom stereocenters. The minimum atomic E-state index is -0.419. The smallest absolute Gasteiger partial charge is 0.289 e. The second-order valence-electron chi connectivity index (χ2n) is 7.15. The Morgan fingerprint density at radius 1 is 1.40 bits per heavy atom. The minimum Gasteiger partial charge on any atom is -0.459 e. The van der Waals surface area contributed by atoms with Crippen molar-refractivity contribution in [2.75, 3.05) is 18.4 Å². The number of aryl methyl sites for hydroxylation is 3. The molecule has 2 aliphatic rings. The van der Waals surface area contributed by atoms with Gasteiger partial charge in [0.1, 0.15) is 5.82 Å². The highest BCUT2D eigenvalue weighted by Crippen LogP contribution is 2.47. The lowest BCUT2D eigenvalue weighted by molar-refractivity contribution is 0.0753. The maximum Gasteiger partial charge on any atom is 0.289 e. The van der Waals surface area contributed by atoms with E-state index in [1.165, 1.54) is 6.26 Å². The molecule has 2 aromatic heterocycles. The van der Waals surface area contributed by atoms with Crippen molar-refractivity contribution in [2.24, 2.45) is 5.92 Å². The molecule has 0 spiro atoms. The quantitative estimate of drug-likeness (QED) is 0.927. The first-order valence-corrected chi connectivity index (χ1v) is 8.52. The Balaban J connectivity index is 1.57. The molecule has 2 unspecified atom stereocenters. The molecule has 0 aromatic carbocycles. The van der Waals surface area contributed by atoms with E-state index in [0.717, 1.165) is 18.4 Å². The molecule has 0 bridgehead atoms. The molecule has 2 aromatic rings. The van der Waals surface area contributed by atoms with Gasteiger partial charge in [-0.05, 0) is 39.7 Å². The number of carbonyl (C=O) groups is 1. The number of nitrogens with zero attached hydrogens (tertiary/aromatic N) is 3. The van der Waals surface area contributed by atoms with Crippen molar-refractivity contribution in [3.8, 4) is 0 Å². The highest BCUT2D eigenvalue weighted by atomic mass is 19.1. The number of rotatable bonds is 3. The fraction of sp³-hybridized carbons (Fsp3) is 0.500. The maximum atomic E-state index is 14.4. The van der Waals surface area contributed by atoms with Gasteiger partial charge < -0.3 is 14.6 Å². The van der Waals surface area contributed by atoms with Crippen LogP contribution < -0.4 is 5.32 Å². The van der Waals surface area contributed by atoms with Crippen molar-refractivity contribution >= 4 is 11.7 Å². The van der Waals surface area contributed by atoms with Gasteiger partial charge in [0, 0.05) is 24.6 Å². The highest BCUT2D eigenvalue weighted by molar-refractivity contribution is 5.93. The third-order valence-electron chi connectivity index (χ3n) is 5.47. The van der Waals surface area contributed by atoms with Crippen molar-refractivity contribution in [3.05, 3.63) is 41.0 Å². The SMILES string of the molecule is Cc1nc(C)c(F)c(NC23CCC2CN(C(=O)c2occc2C)C3)n1. The van der Waals surface area contributed by atoms with Gasteiger partial charge in [-0.1, -0.05) is 0 Å². The fourth-order valence-electron chi connectivity index (χ4n) is 3.95. The number of hydrogen-bond donors (Lipinski definition) is 1. The Kier molecular flexibility index (Phi) is 3.56. The van der Waals surface area contributed by atoms with E-state index in [1.807, 2.05) is 6.92 Å². The Morgan fingerprint density at radius 2 is 2.20 bits per heavy atom. The normalized spacial score (nSPS) is 24.8. The summed E-state index contributed by atoms with van der Waals surface area (Å²) in [5.41, 5.74) is 0.850. The van der Waals surface area contributed by atoms with Gasteiger partial charge >= 0.3 is 0 Å². The largest absolute Gasteiger partial charge is 0.459 e. The molecule has 1 saturated carbocycles. The van der Waals surface area contributed by atoms with Crippen LogP contribution in [0.5, 0.6) is 0 Å². The van der Waals surface area contributed by atoms with Gasteiger partial charge in [-0.25, -0.2) is 14.4 Å². The number of carbonyl (C=O) groups excluding carboxylic acids is 1. The van der Waals surface area contributed by atoms with Crippen LogP contribution in [0.4, 0.5) is 10.2 Å². The van der Waals surface area contributed by atoms with E-state index in [1.54, 1.807) is 24.8 Å². The van der Waals surface area contributed by atoms with E-state index >= 15 is 0 Å². The zero-order chi connectivity index (χ0) is 17.8. The average molecular weight is 344 g/mol. The van der Waals surface area contributed by atoms with E-state index in [-0.39, 0.29) is 17.3 Å². The predicted molar refractivity (Wildman–Crippen MR) is 89.9 cm³/mol. The van der Waals surface area contributed by atoms with E-state index in [0.29, 0.717) is 36.3 Å². The molecule has 2 fully saturated rings. The highest BCUT2D eigenvalue weighted by Gasteiger charge is 2.55. The summed E-state index contributed by atoms with van der Waals surface area (Å²) in [5.74, 6) is 0.924. The number of anilines is 1. The Hall–Kier alpha value is -2.44. The first kappa shape index (κ1) is 16.1. The van der Waals surface area contributed by atoms with Crippen LogP contribution in [0.3, 0.4) is 0 Å². The van der Waals surface area contributed by atoms with Crippen LogP contribution in [-0.2, 0) is 0 Å². The van der Waals surface area contributed by atoms with Gasteiger partial charge in [0.15, 0.2) is 17.4 Å².